The minimum Gasteiger partial charge on any atom is -0.454 e. The molecule has 0 amide bonds. The number of nitrogens with one attached hydrogen (secondary N) is 1. The fourth-order valence-electron chi connectivity index (χ4n) is 3.74. The molecule has 0 spiro atoms. The van der Waals surface area contributed by atoms with Gasteiger partial charge in [-0.3, -0.25) is 18.5 Å². The molecule has 1 N–H and O–H groups in total. The van der Waals surface area contributed by atoms with Crippen molar-refractivity contribution in [3.8, 4) is 11.5 Å². The standard InChI is InChI=1S/C22H20BrN5O4/c1-26-19-18(20(29)27(2)22(26)30)28(11-13-3-6-15(23)7-4-13)21(25-19)24-10-14-5-8-16-17(9-14)32-12-31-16/h3-9H,10-12H2,1-2H3,(H,24,25). The molecule has 5 rings (SSSR count). The zero-order valence-corrected chi connectivity index (χ0v) is 19.0. The molecular weight excluding hydrogens is 478 g/mol. The van der Waals surface area contributed by atoms with E-state index in [1.165, 1.54) is 11.6 Å². The summed E-state index contributed by atoms with van der Waals surface area (Å²) in [5.74, 6) is 1.91. The van der Waals surface area contributed by atoms with Gasteiger partial charge in [-0.15, -0.1) is 0 Å². The highest BCUT2D eigenvalue weighted by Gasteiger charge is 2.20. The minimum absolute atomic E-state index is 0.215. The largest absolute Gasteiger partial charge is 0.454 e. The van der Waals surface area contributed by atoms with Crippen LogP contribution in [0, 0.1) is 0 Å². The summed E-state index contributed by atoms with van der Waals surface area (Å²) in [7, 11) is 3.09. The zero-order valence-electron chi connectivity index (χ0n) is 17.5. The van der Waals surface area contributed by atoms with Crippen LogP contribution in [0.1, 0.15) is 11.1 Å². The summed E-state index contributed by atoms with van der Waals surface area (Å²) in [5.41, 5.74) is 1.86. The van der Waals surface area contributed by atoms with Crippen LogP contribution in [0.3, 0.4) is 0 Å². The lowest BCUT2D eigenvalue weighted by Crippen LogP contribution is -2.37. The molecule has 0 fully saturated rings. The summed E-state index contributed by atoms with van der Waals surface area (Å²) in [6.45, 7) is 1.09. The third kappa shape index (κ3) is 3.46. The molecule has 10 heteroatoms. The van der Waals surface area contributed by atoms with E-state index in [-0.39, 0.29) is 12.4 Å². The van der Waals surface area contributed by atoms with E-state index < -0.39 is 5.69 Å². The monoisotopic (exact) mass is 497 g/mol. The van der Waals surface area contributed by atoms with Crippen molar-refractivity contribution in [2.24, 2.45) is 14.1 Å². The average Bonchev–Trinajstić information content (AvgIpc) is 3.40. The van der Waals surface area contributed by atoms with Gasteiger partial charge in [0.15, 0.2) is 22.7 Å². The summed E-state index contributed by atoms with van der Waals surface area (Å²) in [6, 6.07) is 13.6. The van der Waals surface area contributed by atoms with Gasteiger partial charge in [0, 0.05) is 25.1 Å². The van der Waals surface area contributed by atoms with E-state index in [4.69, 9.17) is 9.47 Å². The van der Waals surface area contributed by atoms with Crippen LogP contribution in [0.15, 0.2) is 56.5 Å². The van der Waals surface area contributed by atoms with Crippen LogP contribution >= 0.6 is 15.9 Å². The number of hydrogen-bond acceptors (Lipinski definition) is 6. The van der Waals surface area contributed by atoms with Crippen LogP contribution in [-0.4, -0.2) is 25.5 Å². The van der Waals surface area contributed by atoms with Crippen molar-refractivity contribution in [1.29, 1.82) is 0 Å². The highest BCUT2D eigenvalue weighted by Crippen LogP contribution is 2.32. The van der Waals surface area contributed by atoms with Gasteiger partial charge in [0.2, 0.25) is 12.7 Å². The Hall–Kier alpha value is -3.53. The van der Waals surface area contributed by atoms with Gasteiger partial charge in [-0.1, -0.05) is 34.1 Å². The molecule has 4 aromatic rings. The maximum atomic E-state index is 13.0. The van der Waals surface area contributed by atoms with E-state index in [1.54, 1.807) is 7.05 Å². The molecule has 0 saturated heterocycles. The fraction of sp³-hybridized carbons (Fsp3) is 0.227. The Morgan fingerprint density at radius 2 is 1.72 bits per heavy atom. The first-order valence-electron chi connectivity index (χ1n) is 9.95. The predicted octanol–water partition coefficient (Wildman–Crippen LogP) is 2.59. The third-order valence-electron chi connectivity index (χ3n) is 5.49. The van der Waals surface area contributed by atoms with E-state index in [0.717, 1.165) is 25.9 Å². The SMILES string of the molecule is Cn1c(=O)c2c(nc(NCc3ccc4c(c3)OCO4)n2Cc2ccc(Br)cc2)n(C)c1=O. The summed E-state index contributed by atoms with van der Waals surface area (Å²) in [5, 5.41) is 3.32. The number of aromatic nitrogens is 4. The molecule has 0 unspecified atom stereocenters. The van der Waals surface area contributed by atoms with Gasteiger partial charge in [0.1, 0.15) is 0 Å². The summed E-state index contributed by atoms with van der Waals surface area (Å²) < 4.78 is 16.1. The molecule has 0 saturated carbocycles. The van der Waals surface area contributed by atoms with E-state index >= 15 is 0 Å². The second-order valence-corrected chi connectivity index (χ2v) is 8.48. The van der Waals surface area contributed by atoms with Gasteiger partial charge in [-0.05, 0) is 35.4 Å². The maximum Gasteiger partial charge on any atom is 0.332 e. The second kappa shape index (κ2) is 7.86. The van der Waals surface area contributed by atoms with Gasteiger partial charge >= 0.3 is 5.69 Å². The number of ether oxygens (including phenoxy) is 2. The Labute approximate surface area is 191 Å². The van der Waals surface area contributed by atoms with Crippen LogP contribution in [0.5, 0.6) is 11.5 Å². The van der Waals surface area contributed by atoms with Crippen molar-refractivity contribution in [2.45, 2.75) is 13.1 Å². The molecule has 0 atom stereocenters. The minimum atomic E-state index is -0.418. The Balaban J connectivity index is 1.58. The van der Waals surface area contributed by atoms with Crippen LogP contribution in [0.4, 0.5) is 5.95 Å². The molecular formula is C22H20BrN5O4. The first-order valence-corrected chi connectivity index (χ1v) is 10.7. The number of imidazole rings is 1. The fourth-order valence-corrected chi connectivity index (χ4v) is 4.00. The highest BCUT2D eigenvalue weighted by molar-refractivity contribution is 9.10. The molecule has 2 aromatic heterocycles. The number of fused-ring (bicyclic) bond motifs is 2. The van der Waals surface area contributed by atoms with Crippen molar-refractivity contribution in [2.75, 3.05) is 12.1 Å². The molecule has 1 aliphatic heterocycles. The van der Waals surface area contributed by atoms with Crippen LogP contribution in [-0.2, 0) is 27.2 Å². The molecule has 2 aromatic carbocycles. The zero-order chi connectivity index (χ0) is 22.4. The Morgan fingerprint density at radius 1 is 1.00 bits per heavy atom. The maximum absolute atomic E-state index is 13.0. The normalized spacial score (nSPS) is 12.5. The first kappa shape index (κ1) is 20.4. The lowest BCUT2D eigenvalue weighted by molar-refractivity contribution is 0.174. The van der Waals surface area contributed by atoms with Crippen molar-refractivity contribution in [1.82, 2.24) is 18.7 Å². The Bertz CT molecular complexity index is 1450. The predicted molar refractivity (Wildman–Crippen MR) is 123 cm³/mol. The van der Waals surface area contributed by atoms with Crippen LogP contribution in [0.2, 0.25) is 0 Å². The van der Waals surface area contributed by atoms with Crippen LogP contribution < -0.4 is 26.0 Å². The van der Waals surface area contributed by atoms with E-state index in [9.17, 15) is 9.59 Å². The van der Waals surface area contributed by atoms with Gasteiger partial charge in [0.05, 0.1) is 6.54 Å². The van der Waals surface area contributed by atoms with Crippen molar-refractivity contribution >= 4 is 33.0 Å². The topological polar surface area (TPSA) is 92.3 Å². The van der Waals surface area contributed by atoms with Gasteiger partial charge in [-0.25, -0.2) is 4.79 Å². The molecule has 32 heavy (non-hydrogen) atoms. The molecule has 9 nitrogen and oxygen atoms in total. The summed E-state index contributed by atoms with van der Waals surface area (Å²) in [6.07, 6.45) is 0. The summed E-state index contributed by atoms with van der Waals surface area (Å²) in [4.78, 5) is 30.1. The van der Waals surface area contributed by atoms with Gasteiger partial charge in [-0.2, -0.15) is 4.98 Å². The van der Waals surface area contributed by atoms with Gasteiger partial charge in [0.25, 0.3) is 5.56 Å². The van der Waals surface area contributed by atoms with E-state index in [2.05, 4.69) is 26.2 Å². The number of nitrogens with zero attached hydrogens (tertiary/aromatic N) is 4. The number of anilines is 1. The summed E-state index contributed by atoms with van der Waals surface area (Å²) >= 11 is 3.45. The van der Waals surface area contributed by atoms with E-state index in [0.29, 0.717) is 36.0 Å². The second-order valence-electron chi connectivity index (χ2n) is 7.57. The molecule has 0 radical (unpaired) electrons. The molecule has 0 bridgehead atoms. The number of hydrogen-bond donors (Lipinski definition) is 1. The number of benzene rings is 2. The van der Waals surface area contributed by atoms with E-state index in [1.807, 2.05) is 47.0 Å². The number of halogens is 1. The quantitative estimate of drug-likeness (QED) is 0.455. The Kier molecular flexibility index (Phi) is 5.01. The lowest BCUT2D eigenvalue weighted by Gasteiger charge is -2.12. The number of aryl methyl sites for hydroxylation is 1. The van der Waals surface area contributed by atoms with Crippen LogP contribution in [0.25, 0.3) is 11.2 Å². The average molecular weight is 498 g/mol. The third-order valence-corrected chi connectivity index (χ3v) is 6.02. The molecule has 164 valence electrons. The first-order chi connectivity index (χ1) is 15.4. The molecule has 3 heterocycles. The lowest BCUT2D eigenvalue weighted by atomic mass is 10.2. The molecule has 1 aliphatic rings. The smallest absolute Gasteiger partial charge is 0.332 e. The van der Waals surface area contributed by atoms with Gasteiger partial charge < -0.3 is 14.8 Å². The highest BCUT2D eigenvalue weighted by atomic mass is 79.9. The molecule has 0 aliphatic carbocycles. The Morgan fingerprint density at radius 3 is 2.50 bits per heavy atom. The van der Waals surface area contributed by atoms with Crippen molar-refractivity contribution < 1.29 is 9.47 Å². The van der Waals surface area contributed by atoms with Crippen molar-refractivity contribution in [3.05, 3.63) is 78.9 Å². The number of rotatable bonds is 5. The van der Waals surface area contributed by atoms with Crippen molar-refractivity contribution in [3.63, 3.8) is 0 Å².